The van der Waals surface area contributed by atoms with Crippen LogP contribution in [0.2, 0.25) is 0 Å². The molecule has 2 aliphatic carbocycles. The number of benzene rings is 1. The van der Waals surface area contributed by atoms with Crippen LogP contribution in [0.1, 0.15) is 114 Å². The lowest BCUT2D eigenvalue weighted by Crippen LogP contribution is -2.47. The molecule has 2 unspecified atom stereocenters. The van der Waals surface area contributed by atoms with Crippen LogP contribution in [0.5, 0.6) is 5.75 Å². The van der Waals surface area contributed by atoms with Gasteiger partial charge in [-0.2, -0.15) is 4.39 Å². The number of piperidine rings is 1. The summed E-state index contributed by atoms with van der Waals surface area (Å²) in [6.45, 7) is 5.61. The van der Waals surface area contributed by atoms with Gasteiger partial charge >= 0.3 is 0 Å². The summed E-state index contributed by atoms with van der Waals surface area (Å²) in [6.07, 6.45) is 18.4. The van der Waals surface area contributed by atoms with E-state index in [0.29, 0.717) is 50.1 Å². The second-order valence-corrected chi connectivity index (χ2v) is 18.5. The molecule has 7 rings (SSSR count). The maximum absolute atomic E-state index is 13.3. The van der Waals surface area contributed by atoms with Crippen molar-refractivity contribution in [3.05, 3.63) is 84.4 Å². The van der Waals surface area contributed by atoms with Gasteiger partial charge in [-0.15, -0.1) is 0 Å². The molecule has 71 heavy (non-hydrogen) atoms. The van der Waals surface area contributed by atoms with Gasteiger partial charge in [0.1, 0.15) is 18.4 Å². The summed E-state index contributed by atoms with van der Waals surface area (Å²) in [4.78, 5) is 81.4. The molecule has 2 aromatic heterocycles. The van der Waals surface area contributed by atoms with Crippen LogP contribution >= 0.6 is 0 Å². The third-order valence-electron chi connectivity index (χ3n) is 13.4. The zero-order valence-corrected chi connectivity index (χ0v) is 41.6. The minimum Gasteiger partial charge on any atom is -0.488 e. The second-order valence-electron chi connectivity index (χ2n) is 18.5. The number of pyridine rings is 2. The predicted octanol–water partition coefficient (Wildman–Crippen LogP) is 6.21. The van der Waals surface area contributed by atoms with Crippen molar-refractivity contribution in [3.8, 4) is 5.75 Å². The molecule has 19 heteroatoms. The summed E-state index contributed by atoms with van der Waals surface area (Å²) in [5.74, 6) is -2.65. The molecule has 2 saturated heterocycles. The van der Waals surface area contributed by atoms with E-state index in [1.807, 2.05) is 30.0 Å². The second kappa shape index (κ2) is 30.6. The highest BCUT2D eigenvalue weighted by atomic mass is 19.2. The average molecular weight is 993 g/mol. The minimum atomic E-state index is -0.983. The number of rotatable bonds is 17. The van der Waals surface area contributed by atoms with Crippen molar-refractivity contribution in [1.82, 2.24) is 25.1 Å². The van der Waals surface area contributed by atoms with Crippen molar-refractivity contribution in [2.24, 2.45) is 34.6 Å². The molecule has 1 spiro atoms. The Balaban J connectivity index is 0.000000220. The Labute approximate surface area is 416 Å². The molecule has 3 aromatic rings. The summed E-state index contributed by atoms with van der Waals surface area (Å²) in [6, 6.07) is 12.5. The number of aromatic nitrogens is 2. The number of anilines is 1. The fourth-order valence-electron chi connectivity index (χ4n) is 9.10. The third kappa shape index (κ3) is 19.6. The van der Waals surface area contributed by atoms with Crippen LogP contribution in [0.15, 0.2) is 67.1 Å². The molecule has 4 aliphatic rings. The van der Waals surface area contributed by atoms with E-state index < -0.39 is 23.6 Å². The van der Waals surface area contributed by atoms with Gasteiger partial charge in [-0.1, -0.05) is 44.7 Å². The van der Waals surface area contributed by atoms with Crippen molar-refractivity contribution >= 4 is 41.1 Å². The van der Waals surface area contributed by atoms with Gasteiger partial charge in [-0.3, -0.25) is 38.7 Å². The number of hydrogen-bond acceptors (Lipinski definition) is 11. The van der Waals surface area contributed by atoms with Crippen LogP contribution in [-0.4, -0.2) is 121 Å². The fraction of sp³-hybridized carbons (Fsp3) is 0.577. The normalized spacial score (nSPS) is 18.0. The third-order valence-corrected chi connectivity index (χ3v) is 13.4. The van der Waals surface area contributed by atoms with E-state index >= 15 is 0 Å². The van der Waals surface area contributed by atoms with Crippen LogP contribution in [0.25, 0.3) is 0 Å². The number of amides is 6. The van der Waals surface area contributed by atoms with Crippen molar-refractivity contribution in [1.29, 1.82) is 0 Å². The highest BCUT2D eigenvalue weighted by Gasteiger charge is 2.42. The summed E-state index contributed by atoms with van der Waals surface area (Å²) < 4.78 is 41.9. The lowest BCUT2D eigenvalue weighted by Gasteiger charge is -2.46. The maximum atomic E-state index is 13.3. The van der Waals surface area contributed by atoms with Crippen LogP contribution in [-0.2, 0) is 33.4 Å². The first kappa shape index (κ1) is 57.5. The van der Waals surface area contributed by atoms with Gasteiger partial charge < -0.3 is 46.1 Å². The number of ether oxygens (including phenoxy) is 3. The predicted molar refractivity (Wildman–Crippen MR) is 263 cm³/mol. The number of primary amides is 2. The first-order valence-corrected chi connectivity index (χ1v) is 24.9. The van der Waals surface area contributed by atoms with Gasteiger partial charge in [0.2, 0.25) is 29.4 Å². The van der Waals surface area contributed by atoms with Crippen molar-refractivity contribution in [2.45, 2.75) is 109 Å². The molecule has 2 aliphatic heterocycles. The molecule has 6 N–H and O–H groups in total. The fourth-order valence-corrected chi connectivity index (χ4v) is 9.10. The van der Waals surface area contributed by atoms with Crippen LogP contribution < -0.4 is 26.8 Å². The SMILES string of the molecule is CCCC(OC)C(=O)Nc1ccnc(C(N)=O)c1.CN1CC(C(=O)N2CCC3(CCC(C(N)=O)CC3)CC2)CC1=O.O=C(NCCCOCCOc1cccc(F)c1F)C1CCCCC1.c1ccncc1. The largest absolute Gasteiger partial charge is 0.488 e. The Hall–Kier alpha value is -6.08. The molecule has 0 radical (unpaired) electrons. The Morgan fingerprint density at radius 1 is 0.859 bits per heavy atom. The quantitative estimate of drug-likeness (QED) is 0.111. The smallest absolute Gasteiger partial charge is 0.267 e. The Morgan fingerprint density at radius 3 is 2.14 bits per heavy atom. The number of nitrogens with one attached hydrogen (secondary N) is 2. The Bertz CT molecular complexity index is 2100. The van der Waals surface area contributed by atoms with E-state index in [1.54, 1.807) is 30.4 Å². The number of carbonyl (C=O) groups excluding carboxylic acids is 6. The van der Waals surface area contributed by atoms with Gasteiger partial charge in [-0.25, -0.2) is 4.39 Å². The van der Waals surface area contributed by atoms with E-state index in [0.717, 1.165) is 89.8 Å². The van der Waals surface area contributed by atoms with Crippen molar-refractivity contribution < 1.29 is 51.8 Å². The molecule has 2 atom stereocenters. The molecule has 4 heterocycles. The van der Waals surface area contributed by atoms with E-state index in [2.05, 4.69) is 20.6 Å². The van der Waals surface area contributed by atoms with Crippen molar-refractivity contribution in [2.75, 3.05) is 65.5 Å². The van der Waals surface area contributed by atoms with E-state index in [4.69, 9.17) is 25.7 Å². The van der Waals surface area contributed by atoms with Gasteiger partial charge in [0, 0.05) is 89.5 Å². The number of methoxy groups -OCH3 is 1. The molecule has 1 aromatic carbocycles. The number of likely N-dealkylation sites (tertiary alicyclic amines) is 2. The van der Waals surface area contributed by atoms with Gasteiger partial charge in [0.05, 0.1) is 12.5 Å². The van der Waals surface area contributed by atoms with E-state index in [1.165, 1.54) is 37.9 Å². The summed E-state index contributed by atoms with van der Waals surface area (Å²) >= 11 is 0. The monoisotopic (exact) mass is 993 g/mol. The maximum Gasteiger partial charge on any atom is 0.267 e. The highest BCUT2D eigenvalue weighted by molar-refractivity contribution is 5.96. The standard InChI is InChI=1S/C18H25F2NO3.C17H27N3O3.C12H17N3O3.C5H5N/c19-15-8-4-9-16(17(15)20)24-13-12-23-11-5-10-21-18(22)14-6-2-1-3-7-14;1-19-11-13(10-14(19)21)16(23)20-8-6-17(7-9-20)4-2-12(3-5-17)15(18)22;1-3-4-10(18-2)12(17)15-8-5-6-14-9(7-8)11(13)16;1-2-4-6-5-3-1/h4,8-9,14H,1-3,5-7,10-13H2,(H,21,22);12-13H,2-11H2,1H3,(H2,18,22);5-7,10H,3-4H2,1-2H3,(H2,13,16)(H,14,15,17);1-5H. The lowest BCUT2D eigenvalue weighted by molar-refractivity contribution is -0.138. The number of hydrogen-bond donors (Lipinski definition) is 4. The van der Waals surface area contributed by atoms with E-state index in [-0.39, 0.29) is 71.9 Å². The van der Waals surface area contributed by atoms with Crippen molar-refractivity contribution in [3.63, 3.8) is 0 Å². The first-order valence-electron chi connectivity index (χ1n) is 24.9. The van der Waals surface area contributed by atoms with Gasteiger partial charge in [-0.05, 0) is 106 Å². The molecular formula is C52H74F2N8O9. The average Bonchev–Trinajstić information content (AvgIpc) is 3.73. The zero-order chi connectivity index (χ0) is 51.6. The first-order chi connectivity index (χ1) is 34.2. The van der Waals surface area contributed by atoms with Crippen LogP contribution in [0.3, 0.4) is 0 Å². The molecule has 390 valence electrons. The molecular weight excluding hydrogens is 919 g/mol. The number of nitrogens with zero attached hydrogens (tertiary/aromatic N) is 4. The molecule has 6 amide bonds. The molecule has 0 bridgehead atoms. The number of carbonyl (C=O) groups is 6. The lowest BCUT2D eigenvalue weighted by atomic mass is 9.65. The van der Waals surface area contributed by atoms with Gasteiger partial charge in [0.25, 0.3) is 11.8 Å². The summed E-state index contributed by atoms with van der Waals surface area (Å²) in [5.41, 5.74) is 11.4. The number of nitrogens with two attached hydrogens (primary N) is 2. The topological polar surface area (TPSA) is 238 Å². The highest BCUT2D eigenvalue weighted by Crippen LogP contribution is 2.46. The Morgan fingerprint density at radius 2 is 1.56 bits per heavy atom. The summed E-state index contributed by atoms with van der Waals surface area (Å²) in [5, 5.41) is 5.60. The molecule has 17 nitrogen and oxygen atoms in total. The number of halogens is 2. The Kier molecular flexibility index (Phi) is 24.8. The zero-order valence-electron chi connectivity index (χ0n) is 41.6. The minimum absolute atomic E-state index is 0.0420. The van der Waals surface area contributed by atoms with E-state index in [9.17, 15) is 37.5 Å². The molecule has 2 saturated carbocycles. The molecule has 4 fully saturated rings. The summed E-state index contributed by atoms with van der Waals surface area (Å²) in [7, 11) is 3.25. The van der Waals surface area contributed by atoms with Crippen LogP contribution in [0, 0.1) is 34.8 Å². The van der Waals surface area contributed by atoms with Crippen LogP contribution in [0.4, 0.5) is 14.5 Å². The van der Waals surface area contributed by atoms with Gasteiger partial charge in [0.15, 0.2) is 11.6 Å².